The summed E-state index contributed by atoms with van der Waals surface area (Å²) in [5.41, 5.74) is 5.18. The molecule has 0 unspecified atom stereocenters. The summed E-state index contributed by atoms with van der Waals surface area (Å²) < 4.78 is 0. The normalized spacial score (nSPS) is 12.9. The summed E-state index contributed by atoms with van der Waals surface area (Å²) in [6, 6.07) is 7.74. The van der Waals surface area contributed by atoms with Crippen LogP contribution in [0, 0.1) is 20.8 Å². The van der Waals surface area contributed by atoms with E-state index in [1.807, 2.05) is 45.0 Å². The number of carbonyl (C=O) groups is 1. The smallest absolute Gasteiger partial charge is 0.257 e. The summed E-state index contributed by atoms with van der Waals surface area (Å²) in [7, 11) is 0. The average molecular weight is 253 g/mol. The first-order valence-electron chi connectivity index (χ1n) is 6.22. The number of carbonyl (C=O) groups excluding carboxylic acids is 1. The van der Waals surface area contributed by atoms with E-state index in [1.54, 1.807) is 0 Å². The lowest BCUT2D eigenvalue weighted by molar-refractivity contribution is 0.102. The van der Waals surface area contributed by atoms with Gasteiger partial charge >= 0.3 is 0 Å². The molecule has 4 heteroatoms. The number of anilines is 3. The van der Waals surface area contributed by atoms with Crippen LogP contribution in [0.2, 0.25) is 0 Å². The molecule has 3 rings (SSSR count). The predicted octanol–water partition coefficient (Wildman–Crippen LogP) is 3.32. The van der Waals surface area contributed by atoms with Crippen molar-refractivity contribution in [3.05, 3.63) is 46.6 Å². The van der Waals surface area contributed by atoms with E-state index < -0.39 is 0 Å². The lowest BCUT2D eigenvalue weighted by Gasteiger charge is -2.11. The van der Waals surface area contributed by atoms with Gasteiger partial charge in [0.05, 0.1) is 16.9 Å². The van der Waals surface area contributed by atoms with Crippen LogP contribution < -0.4 is 10.6 Å². The van der Waals surface area contributed by atoms with Gasteiger partial charge in [-0.1, -0.05) is 11.6 Å². The second-order valence-corrected chi connectivity index (χ2v) is 4.93. The molecule has 1 amide bonds. The van der Waals surface area contributed by atoms with E-state index in [0.29, 0.717) is 11.4 Å². The number of aromatic nitrogens is 1. The summed E-state index contributed by atoms with van der Waals surface area (Å²) in [6.07, 6.45) is 0. The number of nitrogens with one attached hydrogen (secondary N) is 2. The van der Waals surface area contributed by atoms with Crippen molar-refractivity contribution in [2.24, 2.45) is 0 Å². The van der Waals surface area contributed by atoms with Gasteiger partial charge < -0.3 is 10.6 Å². The van der Waals surface area contributed by atoms with Gasteiger partial charge in [0.1, 0.15) is 0 Å². The van der Waals surface area contributed by atoms with Gasteiger partial charge in [-0.25, -0.2) is 4.98 Å². The van der Waals surface area contributed by atoms with Crippen molar-refractivity contribution >= 4 is 23.1 Å². The number of rotatable bonds is 0. The lowest BCUT2D eigenvalue weighted by atomic mass is 10.1. The fourth-order valence-electron chi connectivity index (χ4n) is 2.35. The molecule has 19 heavy (non-hydrogen) atoms. The minimum atomic E-state index is -0.0984. The number of nitrogens with zero attached hydrogens (tertiary/aromatic N) is 1. The molecule has 1 aromatic carbocycles. The van der Waals surface area contributed by atoms with Crippen molar-refractivity contribution in [3.8, 4) is 0 Å². The zero-order chi connectivity index (χ0) is 13.6. The Balaban J connectivity index is 2.20. The Hall–Kier alpha value is -2.36. The molecule has 96 valence electrons. The van der Waals surface area contributed by atoms with Crippen molar-refractivity contribution in [3.63, 3.8) is 0 Å². The summed E-state index contributed by atoms with van der Waals surface area (Å²) in [5.74, 6) is 0.604. The maximum atomic E-state index is 12.3. The lowest BCUT2D eigenvalue weighted by Crippen LogP contribution is -2.12. The van der Waals surface area contributed by atoms with Crippen molar-refractivity contribution in [1.29, 1.82) is 0 Å². The van der Waals surface area contributed by atoms with Crippen LogP contribution in [0.5, 0.6) is 0 Å². The molecule has 1 aromatic heterocycles. The van der Waals surface area contributed by atoms with E-state index >= 15 is 0 Å². The Labute approximate surface area is 111 Å². The van der Waals surface area contributed by atoms with Crippen LogP contribution >= 0.6 is 0 Å². The highest BCUT2D eigenvalue weighted by Gasteiger charge is 2.21. The molecule has 1 aliphatic heterocycles. The first-order chi connectivity index (χ1) is 9.04. The Morgan fingerprint density at radius 3 is 2.63 bits per heavy atom. The largest absolute Gasteiger partial charge is 0.338 e. The quantitative estimate of drug-likeness (QED) is 0.757. The molecule has 0 aliphatic carbocycles. The molecule has 1 aliphatic rings. The molecule has 0 bridgehead atoms. The maximum Gasteiger partial charge on any atom is 0.257 e. The second kappa shape index (κ2) is 4.09. The number of aryl methyl sites for hydroxylation is 3. The zero-order valence-electron chi connectivity index (χ0n) is 11.2. The molecule has 0 saturated carbocycles. The molecular weight excluding hydrogens is 238 g/mol. The van der Waals surface area contributed by atoms with E-state index in [1.165, 1.54) is 0 Å². The summed E-state index contributed by atoms with van der Waals surface area (Å²) in [4.78, 5) is 16.7. The number of pyridine rings is 1. The van der Waals surface area contributed by atoms with Gasteiger partial charge in [-0.3, -0.25) is 4.79 Å². The minimum Gasteiger partial charge on any atom is -0.338 e. The molecule has 2 N–H and O–H groups in total. The second-order valence-electron chi connectivity index (χ2n) is 4.93. The van der Waals surface area contributed by atoms with Crippen LogP contribution in [0.1, 0.15) is 27.2 Å². The Bertz CT molecular complexity index is 692. The summed E-state index contributed by atoms with van der Waals surface area (Å²) >= 11 is 0. The number of fused-ring (bicyclic) bond motifs is 2. The molecule has 0 fully saturated rings. The van der Waals surface area contributed by atoms with Crippen LogP contribution in [0.15, 0.2) is 24.3 Å². The van der Waals surface area contributed by atoms with Crippen molar-refractivity contribution in [2.45, 2.75) is 20.8 Å². The standard InChI is InChI=1S/C15H15N3O/c1-8-4-5-12-11(6-8)15(19)18-13-9(2)7-10(3)16-14(13)17-12/h4-7H,1-3H3,(H,16,17)(H,18,19). The maximum absolute atomic E-state index is 12.3. The van der Waals surface area contributed by atoms with Gasteiger partial charge in [0, 0.05) is 5.69 Å². The van der Waals surface area contributed by atoms with E-state index in [-0.39, 0.29) is 5.91 Å². The van der Waals surface area contributed by atoms with Crippen LogP contribution in [-0.2, 0) is 0 Å². The van der Waals surface area contributed by atoms with Gasteiger partial charge in [0.25, 0.3) is 5.91 Å². The third-order valence-electron chi connectivity index (χ3n) is 3.26. The fraction of sp³-hybridized carbons (Fsp3) is 0.200. The van der Waals surface area contributed by atoms with Crippen molar-refractivity contribution < 1.29 is 4.79 Å². The number of amides is 1. The van der Waals surface area contributed by atoms with Gasteiger partial charge in [0.15, 0.2) is 5.82 Å². The van der Waals surface area contributed by atoms with E-state index in [2.05, 4.69) is 15.6 Å². The Morgan fingerprint density at radius 1 is 1.05 bits per heavy atom. The van der Waals surface area contributed by atoms with Gasteiger partial charge in [0.2, 0.25) is 0 Å². The topological polar surface area (TPSA) is 54.0 Å². The number of hydrogen-bond donors (Lipinski definition) is 2. The van der Waals surface area contributed by atoms with Crippen LogP contribution in [0.3, 0.4) is 0 Å². The predicted molar refractivity (Wildman–Crippen MR) is 76.1 cm³/mol. The highest BCUT2D eigenvalue weighted by atomic mass is 16.1. The Kier molecular flexibility index (Phi) is 2.52. The monoisotopic (exact) mass is 253 g/mol. The molecule has 2 aromatic rings. The molecule has 2 heterocycles. The van der Waals surface area contributed by atoms with Crippen LogP contribution in [0.4, 0.5) is 17.2 Å². The average Bonchev–Trinajstić information content (AvgIpc) is 2.47. The van der Waals surface area contributed by atoms with Crippen LogP contribution in [0.25, 0.3) is 0 Å². The molecule has 0 spiro atoms. The molecule has 0 saturated heterocycles. The highest BCUT2D eigenvalue weighted by Crippen LogP contribution is 2.33. The fourth-order valence-corrected chi connectivity index (χ4v) is 2.35. The minimum absolute atomic E-state index is 0.0984. The Morgan fingerprint density at radius 2 is 1.84 bits per heavy atom. The van der Waals surface area contributed by atoms with E-state index in [9.17, 15) is 4.79 Å². The van der Waals surface area contributed by atoms with Crippen molar-refractivity contribution in [1.82, 2.24) is 4.98 Å². The van der Waals surface area contributed by atoms with E-state index in [4.69, 9.17) is 0 Å². The number of hydrogen-bond acceptors (Lipinski definition) is 3. The first-order valence-corrected chi connectivity index (χ1v) is 6.22. The molecule has 0 radical (unpaired) electrons. The first kappa shape index (κ1) is 11.7. The molecule has 4 nitrogen and oxygen atoms in total. The third kappa shape index (κ3) is 1.95. The van der Waals surface area contributed by atoms with Gasteiger partial charge in [-0.2, -0.15) is 0 Å². The van der Waals surface area contributed by atoms with Crippen LogP contribution in [-0.4, -0.2) is 10.9 Å². The zero-order valence-corrected chi connectivity index (χ0v) is 11.2. The van der Waals surface area contributed by atoms with E-state index in [0.717, 1.165) is 28.2 Å². The number of benzene rings is 1. The molecular formula is C15H15N3O. The highest BCUT2D eigenvalue weighted by molar-refractivity contribution is 6.12. The summed E-state index contributed by atoms with van der Waals surface area (Å²) in [6.45, 7) is 5.88. The van der Waals surface area contributed by atoms with Gasteiger partial charge in [-0.15, -0.1) is 0 Å². The SMILES string of the molecule is Cc1ccc2c(c1)C(=O)Nc1c(C)cc(C)nc1N2. The molecule has 0 atom stereocenters. The summed E-state index contributed by atoms with van der Waals surface area (Å²) in [5, 5.41) is 6.19. The van der Waals surface area contributed by atoms with Gasteiger partial charge in [-0.05, 0) is 44.5 Å². The van der Waals surface area contributed by atoms with Crippen molar-refractivity contribution in [2.75, 3.05) is 10.6 Å². The third-order valence-corrected chi connectivity index (χ3v) is 3.26.